The van der Waals surface area contributed by atoms with Gasteiger partial charge in [0.05, 0.1) is 27.1 Å². The second kappa shape index (κ2) is 14.3. The maximum absolute atomic E-state index is 6.63. The first-order valence-corrected chi connectivity index (χ1v) is 23.6. The predicted molar refractivity (Wildman–Crippen MR) is 279 cm³/mol. The van der Waals surface area contributed by atoms with Crippen molar-refractivity contribution < 1.29 is 4.42 Å². The van der Waals surface area contributed by atoms with Crippen molar-refractivity contribution in [2.75, 3.05) is 4.90 Å². The lowest BCUT2D eigenvalue weighted by Crippen LogP contribution is -2.10. The van der Waals surface area contributed by atoms with Crippen LogP contribution in [-0.4, -0.2) is 4.57 Å². The van der Waals surface area contributed by atoms with E-state index in [1.807, 2.05) is 28.7 Å². The number of benzene rings is 10. The molecule has 10 aromatic carbocycles. The van der Waals surface area contributed by atoms with E-state index < -0.39 is 0 Å². The fourth-order valence-electron chi connectivity index (χ4n) is 10.3. The van der Waals surface area contributed by atoms with Crippen molar-refractivity contribution in [1.29, 1.82) is 0 Å². The first-order chi connectivity index (χ1) is 32.2. The van der Waals surface area contributed by atoms with Crippen LogP contribution >= 0.6 is 22.7 Å². The molecule has 65 heavy (non-hydrogen) atoms. The van der Waals surface area contributed by atoms with E-state index in [0.717, 1.165) is 55.8 Å². The van der Waals surface area contributed by atoms with Gasteiger partial charge in [0, 0.05) is 85.3 Å². The number of fused-ring (bicyclic) bond motifs is 12. The zero-order valence-corrected chi connectivity index (χ0v) is 36.5. The molecular formula is C60H36N2OS2. The van der Waals surface area contributed by atoms with Crippen LogP contribution in [0.3, 0.4) is 0 Å². The number of para-hydroxylation sites is 5. The Morgan fingerprint density at radius 3 is 1.75 bits per heavy atom. The molecule has 0 unspecified atom stereocenters. The van der Waals surface area contributed by atoms with E-state index in [1.165, 1.54) is 73.3 Å². The fraction of sp³-hybridized carbons (Fsp3) is 0. The molecule has 0 saturated carbocycles. The van der Waals surface area contributed by atoms with Gasteiger partial charge in [0.2, 0.25) is 0 Å². The van der Waals surface area contributed by atoms with E-state index in [2.05, 4.69) is 222 Å². The van der Waals surface area contributed by atoms with Gasteiger partial charge in [-0.05, 0) is 72.3 Å². The first kappa shape index (κ1) is 36.5. The molecule has 0 bridgehead atoms. The van der Waals surface area contributed by atoms with E-state index >= 15 is 0 Å². The number of anilines is 3. The third kappa shape index (κ3) is 5.53. The lowest BCUT2D eigenvalue weighted by Gasteiger charge is -2.28. The molecule has 14 aromatic rings. The molecule has 0 radical (unpaired) electrons. The largest absolute Gasteiger partial charge is 0.455 e. The molecule has 4 aromatic heterocycles. The molecule has 0 aliphatic heterocycles. The number of rotatable bonds is 6. The van der Waals surface area contributed by atoms with Crippen molar-refractivity contribution in [3.8, 4) is 27.9 Å². The van der Waals surface area contributed by atoms with Crippen LogP contribution in [0.1, 0.15) is 0 Å². The molecule has 304 valence electrons. The van der Waals surface area contributed by atoms with Gasteiger partial charge in [0.25, 0.3) is 0 Å². The Bertz CT molecular complexity index is 4170. The minimum absolute atomic E-state index is 0.897. The third-order valence-corrected chi connectivity index (χ3v) is 15.6. The molecule has 0 spiro atoms. The standard InChI is InChI=1S/C60H36N2OS2/c1-7-27-51-41(18-1)42-19-2-8-28-52(42)62(51)53-29-9-3-20-43(53)49-35-39(36-50-46-23-6-12-33-57(46)64-59(49)50)61(54-30-15-26-48-45-22-5-11-32-56(45)65-60(48)54)38-17-13-16-37(34-38)40-24-14-25-47-44-21-4-10-31-55(44)63-58(40)47/h1-36H. The Morgan fingerprint density at radius 2 is 0.954 bits per heavy atom. The second-order valence-electron chi connectivity index (χ2n) is 16.8. The Hall–Kier alpha value is -7.96. The maximum Gasteiger partial charge on any atom is 0.143 e. The van der Waals surface area contributed by atoms with Crippen LogP contribution < -0.4 is 4.90 Å². The van der Waals surface area contributed by atoms with Gasteiger partial charge in [-0.25, -0.2) is 0 Å². The predicted octanol–water partition coefficient (Wildman–Crippen LogP) is 18.2. The third-order valence-electron chi connectivity index (χ3n) is 13.2. The molecule has 4 heterocycles. The van der Waals surface area contributed by atoms with Crippen LogP contribution in [0.15, 0.2) is 223 Å². The normalized spacial score (nSPS) is 12.0. The average Bonchev–Trinajstić information content (AvgIpc) is 4.14. The van der Waals surface area contributed by atoms with Crippen LogP contribution in [0, 0.1) is 0 Å². The van der Waals surface area contributed by atoms with E-state index in [9.17, 15) is 0 Å². The highest BCUT2D eigenvalue weighted by Gasteiger charge is 2.24. The second-order valence-corrected chi connectivity index (χ2v) is 18.9. The molecule has 0 aliphatic carbocycles. The van der Waals surface area contributed by atoms with E-state index in [0.29, 0.717) is 0 Å². The Morgan fingerprint density at radius 1 is 0.369 bits per heavy atom. The van der Waals surface area contributed by atoms with Crippen molar-refractivity contribution >= 4 is 124 Å². The number of furan rings is 1. The monoisotopic (exact) mass is 864 g/mol. The molecule has 5 heteroatoms. The topological polar surface area (TPSA) is 21.3 Å². The number of nitrogens with zero attached hydrogens (tertiary/aromatic N) is 2. The molecule has 0 saturated heterocycles. The summed E-state index contributed by atoms with van der Waals surface area (Å²) in [6, 6.07) is 79.8. The van der Waals surface area contributed by atoms with Crippen molar-refractivity contribution in [1.82, 2.24) is 4.57 Å². The van der Waals surface area contributed by atoms with E-state index in [-0.39, 0.29) is 0 Å². The smallest absolute Gasteiger partial charge is 0.143 e. The van der Waals surface area contributed by atoms with Gasteiger partial charge in [-0.1, -0.05) is 152 Å². The zero-order chi connectivity index (χ0) is 42.6. The summed E-state index contributed by atoms with van der Waals surface area (Å²) in [5.74, 6) is 0. The van der Waals surface area contributed by atoms with Crippen molar-refractivity contribution in [2.45, 2.75) is 0 Å². The van der Waals surface area contributed by atoms with Crippen LogP contribution in [0.25, 0.3) is 112 Å². The van der Waals surface area contributed by atoms with Crippen molar-refractivity contribution in [2.24, 2.45) is 0 Å². The summed E-state index contributed by atoms with van der Waals surface area (Å²) in [4.78, 5) is 2.50. The highest BCUT2D eigenvalue weighted by atomic mass is 32.1. The molecule has 3 nitrogen and oxygen atoms in total. The molecule has 0 atom stereocenters. The summed E-state index contributed by atoms with van der Waals surface area (Å²) >= 11 is 3.74. The van der Waals surface area contributed by atoms with Gasteiger partial charge >= 0.3 is 0 Å². The summed E-state index contributed by atoms with van der Waals surface area (Å²) in [5, 5.41) is 9.79. The summed E-state index contributed by atoms with van der Waals surface area (Å²) in [6.07, 6.45) is 0. The number of hydrogen-bond donors (Lipinski definition) is 0. The highest BCUT2D eigenvalue weighted by Crippen LogP contribution is 2.50. The zero-order valence-electron chi connectivity index (χ0n) is 34.9. The number of thiophene rings is 2. The van der Waals surface area contributed by atoms with Gasteiger partial charge in [-0.3, -0.25) is 0 Å². The molecular weight excluding hydrogens is 829 g/mol. The molecule has 0 fully saturated rings. The number of hydrogen-bond acceptors (Lipinski definition) is 4. The van der Waals surface area contributed by atoms with Gasteiger partial charge in [0.1, 0.15) is 11.2 Å². The maximum atomic E-state index is 6.63. The molecule has 0 amide bonds. The van der Waals surface area contributed by atoms with Gasteiger partial charge in [0.15, 0.2) is 0 Å². The highest BCUT2D eigenvalue weighted by molar-refractivity contribution is 7.26. The summed E-state index contributed by atoms with van der Waals surface area (Å²) in [7, 11) is 0. The number of aromatic nitrogens is 1. The minimum Gasteiger partial charge on any atom is -0.455 e. The Labute approximate surface area is 381 Å². The van der Waals surface area contributed by atoms with Crippen LogP contribution in [0.5, 0.6) is 0 Å². The summed E-state index contributed by atoms with van der Waals surface area (Å²) in [5.41, 5.74) is 13.2. The molecule has 0 aliphatic rings. The quantitative estimate of drug-likeness (QED) is 0.166. The SMILES string of the molecule is c1cc(-c2cccc3c2oc2ccccc23)cc(N(c2cc(-c3ccccc3-n3c4ccccc4c4ccccc43)c3sc4ccccc4c3c2)c2cccc3c2sc2ccccc23)c1. The van der Waals surface area contributed by atoms with Crippen molar-refractivity contribution in [3.63, 3.8) is 0 Å². The Kier molecular flexibility index (Phi) is 8.02. The lowest BCUT2D eigenvalue weighted by molar-refractivity contribution is 0.670. The van der Waals surface area contributed by atoms with Crippen LogP contribution in [0.2, 0.25) is 0 Å². The minimum atomic E-state index is 0.897. The van der Waals surface area contributed by atoms with Gasteiger partial charge in [-0.15, -0.1) is 22.7 Å². The van der Waals surface area contributed by atoms with Gasteiger partial charge < -0.3 is 13.9 Å². The summed E-state index contributed by atoms with van der Waals surface area (Å²) < 4.78 is 14.2. The van der Waals surface area contributed by atoms with Crippen LogP contribution in [-0.2, 0) is 0 Å². The molecule has 14 rings (SSSR count). The lowest BCUT2D eigenvalue weighted by atomic mass is 9.98. The average molecular weight is 865 g/mol. The van der Waals surface area contributed by atoms with E-state index in [4.69, 9.17) is 4.42 Å². The van der Waals surface area contributed by atoms with Gasteiger partial charge in [-0.2, -0.15) is 0 Å². The fourth-order valence-corrected chi connectivity index (χ4v) is 12.8. The van der Waals surface area contributed by atoms with Crippen molar-refractivity contribution in [3.05, 3.63) is 218 Å². The summed E-state index contributed by atoms with van der Waals surface area (Å²) in [6.45, 7) is 0. The first-order valence-electron chi connectivity index (χ1n) is 22.0. The molecule has 0 N–H and O–H groups in total. The Balaban J connectivity index is 1.07. The van der Waals surface area contributed by atoms with Crippen LogP contribution in [0.4, 0.5) is 17.1 Å². The van der Waals surface area contributed by atoms with E-state index in [1.54, 1.807) is 0 Å².